The Morgan fingerprint density at radius 3 is 2.57 bits per heavy atom. The number of hydrogen-bond acceptors (Lipinski definition) is 5. The molecule has 1 atom stereocenters. The minimum Gasteiger partial charge on any atom is -0.489 e. The number of aryl methyl sites for hydroxylation is 2. The van der Waals surface area contributed by atoms with Crippen LogP contribution >= 0.6 is 0 Å². The van der Waals surface area contributed by atoms with Crippen molar-refractivity contribution in [2.45, 2.75) is 40.0 Å². The van der Waals surface area contributed by atoms with Crippen LogP contribution in [0.2, 0.25) is 0 Å². The molecule has 0 aliphatic rings. The molecule has 0 aliphatic heterocycles. The van der Waals surface area contributed by atoms with Gasteiger partial charge in [-0.25, -0.2) is 0 Å². The summed E-state index contributed by atoms with van der Waals surface area (Å²) in [6, 6.07) is 8.01. The van der Waals surface area contributed by atoms with Crippen molar-refractivity contribution in [2.75, 3.05) is 6.61 Å². The maximum Gasteiger partial charge on any atom is 0.140 e. The fraction of sp³-hybridized carbons (Fsp3) is 0.438. The minimum absolute atomic E-state index is 0.0977. The van der Waals surface area contributed by atoms with Gasteiger partial charge >= 0.3 is 0 Å². The van der Waals surface area contributed by atoms with Gasteiger partial charge in [0.2, 0.25) is 0 Å². The predicted molar refractivity (Wildman–Crippen MR) is 80.1 cm³/mol. The molecular weight excluding hydrogens is 268 g/mol. The number of aliphatic hydroxyl groups is 1. The third kappa shape index (κ3) is 4.31. The number of aliphatic hydroxyl groups excluding tert-OH is 1. The molecule has 2 rings (SSSR count). The summed E-state index contributed by atoms with van der Waals surface area (Å²) in [7, 11) is 0. The lowest BCUT2D eigenvalue weighted by Crippen LogP contribution is -2.28. The van der Waals surface area contributed by atoms with E-state index in [0.717, 1.165) is 34.9 Å². The largest absolute Gasteiger partial charge is 0.489 e. The summed E-state index contributed by atoms with van der Waals surface area (Å²) in [5.41, 5.74) is 3.02. The third-order valence-corrected chi connectivity index (χ3v) is 3.42. The van der Waals surface area contributed by atoms with Gasteiger partial charge in [0, 0.05) is 12.6 Å². The molecule has 1 aromatic heterocycles. The Bertz CT molecular complexity index is 544. The zero-order valence-electron chi connectivity index (χ0n) is 12.7. The van der Waals surface area contributed by atoms with Crippen molar-refractivity contribution in [1.82, 2.24) is 10.5 Å². The van der Waals surface area contributed by atoms with Crippen molar-refractivity contribution in [3.8, 4) is 5.75 Å². The summed E-state index contributed by atoms with van der Waals surface area (Å²) in [4.78, 5) is 0. The van der Waals surface area contributed by atoms with E-state index >= 15 is 0 Å². The average molecular weight is 290 g/mol. The fourth-order valence-corrected chi connectivity index (χ4v) is 1.92. The molecule has 0 spiro atoms. The highest BCUT2D eigenvalue weighted by atomic mass is 16.5. The van der Waals surface area contributed by atoms with E-state index in [2.05, 4.69) is 10.5 Å². The molecular formula is C16H22N2O3. The molecule has 1 aromatic carbocycles. The quantitative estimate of drug-likeness (QED) is 0.819. The number of nitrogens with zero attached hydrogens (tertiary/aromatic N) is 1. The van der Waals surface area contributed by atoms with Crippen LogP contribution in [0.1, 0.15) is 29.5 Å². The maximum atomic E-state index is 8.97. The lowest BCUT2D eigenvalue weighted by Gasteiger charge is -2.11. The smallest absolute Gasteiger partial charge is 0.140 e. The first-order valence-electron chi connectivity index (χ1n) is 7.08. The van der Waals surface area contributed by atoms with Gasteiger partial charge in [-0.05, 0) is 38.5 Å². The summed E-state index contributed by atoms with van der Waals surface area (Å²) in [6.07, 6.45) is 0. The second kappa shape index (κ2) is 7.24. The van der Waals surface area contributed by atoms with Gasteiger partial charge in [0.15, 0.2) is 0 Å². The van der Waals surface area contributed by atoms with E-state index in [1.165, 1.54) is 0 Å². The molecule has 21 heavy (non-hydrogen) atoms. The van der Waals surface area contributed by atoms with Crippen LogP contribution in [-0.4, -0.2) is 22.9 Å². The molecule has 0 radical (unpaired) electrons. The number of nitrogens with one attached hydrogen (secondary N) is 1. The van der Waals surface area contributed by atoms with Gasteiger partial charge in [-0.3, -0.25) is 0 Å². The van der Waals surface area contributed by atoms with Crippen LogP contribution in [0.3, 0.4) is 0 Å². The van der Waals surface area contributed by atoms with E-state index in [-0.39, 0.29) is 12.6 Å². The van der Waals surface area contributed by atoms with Gasteiger partial charge in [-0.15, -0.1) is 0 Å². The molecule has 0 saturated carbocycles. The van der Waals surface area contributed by atoms with E-state index in [4.69, 9.17) is 14.4 Å². The molecule has 0 bridgehead atoms. The van der Waals surface area contributed by atoms with Crippen molar-refractivity contribution >= 4 is 0 Å². The summed E-state index contributed by atoms with van der Waals surface area (Å²) in [5, 5.41) is 16.1. The van der Waals surface area contributed by atoms with Gasteiger partial charge in [0.05, 0.1) is 17.9 Å². The van der Waals surface area contributed by atoms with Gasteiger partial charge in [0.1, 0.15) is 18.1 Å². The highest BCUT2D eigenvalue weighted by Crippen LogP contribution is 2.17. The normalized spacial score (nSPS) is 12.4. The molecule has 5 nitrogen and oxygen atoms in total. The van der Waals surface area contributed by atoms with Crippen molar-refractivity contribution in [3.05, 3.63) is 46.8 Å². The molecule has 2 aromatic rings. The van der Waals surface area contributed by atoms with Crippen molar-refractivity contribution in [1.29, 1.82) is 0 Å². The first kappa shape index (κ1) is 15.5. The third-order valence-electron chi connectivity index (χ3n) is 3.42. The van der Waals surface area contributed by atoms with Crippen molar-refractivity contribution in [3.63, 3.8) is 0 Å². The Labute approximate surface area is 124 Å². The highest BCUT2D eigenvalue weighted by Gasteiger charge is 2.09. The molecule has 0 saturated heterocycles. The van der Waals surface area contributed by atoms with E-state index < -0.39 is 0 Å². The highest BCUT2D eigenvalue weighted by molar-refractivity contribution is 5.28. The Balaban J connectivity index is 1.88. The maximum absolute atomic E-state index is 8.97. The predicted octanol–water partition coefficient (Wildman–Crippen LogP) is 2.34. The first-order chi connectivity index (χ1) is 10.1. The molecule has 2 N–H and O–H groups in total. The van der Waals surface area contributed by atoms with Crippen LogP contribution in [0.15, 0.2) is 28.8 Å². The van der Waals surface area contributed by atoms with E-state index in [1.807, 2.05) is 45.0 Å². The van der Waals surface area contributed by atoms with Gasteiger partial charge in [-0.1, -0.05) is 17.3 Å². The SMILES string of the molecule is Cc1noc(C)c1COc1ccc(CN[C@H](C)CO)cc1. The Morgan fingerprint density at radius 1 is 1.29 bits per heavy atom. The first-order valence-corrected chi connectivity index (χ1v) is 7.08. The number of ether oxygens (including phenoxy) is 1. The van der Waals surface area contributed by atoms with Gasteiger partial charge in [-0.2, -0.15) is 0 Å². The molecule has 0 amide bonds. The van der Waals surface area contributed by atoms with Crippen LogP contribution in [0.25, 0.3) is 0 Å². The van der Waals surface area contributed by atoms with Gasteiger partial charge in [0.25, 0.3) is 0 Å². The lowest BCUT2D eigenvalue weighted by molar-refractivity contribution is 0.251. The zero-order valence-corrected chi connectivity index (χ0v) is 12.7. The molecule has 0 aliphatic carbocycles. The fourth-order valence-electron chi connectivity index (χ4n) is 1.92. The summed E-state index contributed by atoms with van der Waals surface area (Å²) < 4.78 is 10.9. The van der Waals surface area contributed by atoms with Crippen LogP contribution in [0, 0.1) is 13.8 Å². The Hall–Kier alpha value is -1.85. The average Bonchev–Trinajstić information content (AvgIpc) is 2.82. The Kier molecular flexibility index (Phi) is 5.36. The number of aromatic nitrogens is 1. The van der Waals surface area contributed by atoms with E-state index in [0.29, 0.717) is 6.61 Å². The number of hydrogen-bond donors (Lipinski definition) is 2. The standard InChI is InChI=1S/C16H22N2O3/c1-11(9-19)17-8-14-4-6-15(7-5-14)20-10-16-12(2)18-21-13(16)3/h4-7,11,17,19H,8-10H2,1-3H3/t11-/m1/s1. The second-order valence-electron chi connectivity index (χ2n) is 5.20. The van der Waals surface area contributed by atoms with E-state index in [9.17, 15) is 0 Å². The molecule has 1 heterocycles. The monoisotopic (exact) mass is 290 g/mol. The number of rotatable bonds is 7. The molecule has 114 valence electrons. The molecule has 5 heteroatoms. The van der Waals surface area contributed by atoms with Crippen molar-refractivity contribution < 1.29 is 14.4 Å². The zero-order chi connectivity index (χ0) is 15.2. The second-order valence-corrected chi connectivity index (χ2v) is 5.20. The lowest BCUT2D eigenvalue weighted by atomic mass is 10.2. The van der Waals surface area contributed by atoms with Gasteiger partial charge < -0.3 is 19.7 Å². The minimum atomic E-state index is 0.0977. The van der Waals surface area contributed by atoms with Crippen LogP contribution in [-0.2, 0) is 13.2 Å². The van der Waals surface area contributed by atoms with Crippen LogP contribution < -0.4 is 10.1 Å². The van der Waals surface area contributed by atoms with E-state index in [1.54, 1.807) is 0 Å². The summed E-state index contributed by atoms with van der Waals surface area (Å²) in [6.45, 7) is 7.06. The Morgan fingerprint density at radius 2 is 2.00 bits per heavy atom. The van der Waals surface area contributed by atoms with Crippen molar-refractivity contribution in [2.24, 2.45) is 0 Å². The summed E-state index contributed by atoms with van der Waals surface area (Å²) in [5.74, 6) is 1.61. The summed E-state index contributed by atoms with van der Waals surface area (Å²) >= 11 is 0. The topological polar surface area (TPSA) is 67.5 Å². The van der Waals surface area contributed by atoms with Crippen LogP contribution in [0.4, 0.5) is 0 Å². The number of benzene rings is 1. The molecule has 0 unspecified atom stereocenters. The van der Waals surface area contributed by atoms with Crippen LogP contribution in [0.5, 0.6) is 5.75 Å². The molecule has 0 fully saturated rings.